The number of hydrogen-bond acceptors (Lipinski definition) is 5. The first-order valence-electron chi connectivity index (χ1n) is 8.32. The number of nitrogens with zero attached hydrogens (tertiary/aromatic N) is 2. The van der Waals surface area contributed by atoms with Gasteiger partial charge in [-0.25, -0.2) is 4.68 Å². The number of benzene rings is 2. The number of esters is 1. The van der Waals surface area contributed by atoms with Crippen molar-refractivity contribution < 1.29 is 14.3 Å². The second-order valence-corrected chi connectivity index (χ2v) is 6.63. The minimum atomic E-state index is -0.353. The third-order valence-electron chi connectivity index (χ3n) is 3.73. The summed E-state index contributed by atoms with van der Waals surface area (Å²) >= 11 is 1.20. The van der Waals surface area contributed by atoms with Crippen molar-refractivity contribution in [3.05, 3.63) is 66.7 Å². The third kappa shape index (κ3) is 4.98. The average Bonchev–Trinajstić information content (AvgIpc) is 3.13. The number of nitrogens with one attached hydrogen (secondary N) is 1. The minimum absolute atomic E-state index is 0.136. The molecule has 6 nitrogen and oxygen atoms in total. The van der Waals surface area contributed by atoms with E-state index >= 15 is 0 Å². The van der Waals surface area contributed by atoms with Crippen LogP contribution in [0.2, 0.25) is 0 Å². The van der Waals surface area contributed by atoms with Gasteiger partial charge in [-0.2, -0.15) is 5.10 Å². The van der Waals surface area contributed by atoms with E-state index in [-0.39, 0.29) is 23.4 Å². The molecule has 27 heavy (non-hydrogen) atoms. The predicted molar refractivity (Wildman–Crippen MR) is 107 cm³/mol. The van der Waals surface area contributed by atoms with Crippen LogP contribution < -0.4 is 5.32 Å². The lowest BCUT2D eigenvalue weighted by Crippen LogP contribution is -2.18. The molecule has 0 aliphatic heterocycles. The molecule has 0 saturated heterocycles. The monoisotopic (exact) mass is 381 g/mol. The van der Waals surface area contributed by atoms with Crippen LogP contribution in [0.25, 0.3) is 16.9 Å². The van der Waals surface area contributed by atoms with E-state index in [4.69, 9.17) is 0 Å². The van der Waals surface area contributed by atoms with Gasteiger partial charge >= 0.3 is 5.97 Å². The molecule has 0 saturated carbocycles. The fourth-order valence-electron chi connectivity index (χ4n) is 2.45. The molecule has 138 valence electrons. The number of rotatable bonds is 7. The van der Waals surface area contributed by atoms with E-state index in [9.17, 15) is 9.59 Å². The maximum Gasteiger partial charge on any atom is 0.315 e. The molecule has 0 bridgehead atoms. The van der Waals surface area contributed by atoms with Crippen molar-refractivity contribution in [2.24, 2.45) is 0 Å². The zero-order valence-corrected chi connectivity index (χ0v) is 15.6. The summed E-state index contributed by atoms with van der Waals surface area (Å²) in [6.07, 6.45) is 0. The molecular weight excluding hydrogens is 362 g/mol. The molecule has 1 amide bonds. The molecule has 0 fully saturated rings. The van der Waals surface area contributed by atoms with Gasteiger partial charge in [-0.3, -0.25) is 9.59 Å². The number of methoxy groups -OCH3 is 1. The highest BCUT2D eigenvalue weighted by Crippen LogP contribution is 2.24. The summed E-state index contributed by atoms with van der Waals surface area (Å²) in [6.45, 7) is 0. The van der Waals surface area contributed by atoms with Gasteiger partial charge in [-0.1, -0.05) is 48.5 Å². The van der Waals surface area contributed by atoms with Crippen LogP contribution in [0.1, 0.15) is 0 Å². The van der Waals surface area contributed by atoms with Crippen molar-refractivity contribution in [2.45, 2.75) is 0 Å². The van der Waals surface area contributed by atoms with Gasteiger partial charge in [-0.15, -0.1) is 11.8 Å². The van der Waals surface area contributed by atoms with E-state index < -0.39 is 0 Å². The lowest BCUT2D eigenvalue weighted by molar-refractivity contribution is -0.137. The predicted octanol–water partition coefficient (Wildman–Crippen LogP) is 3.38. The number of thioether (sulfide) groups is 1. The second-order valence-electron chi connectivity index (χ2n) is 5.65. The lowest BCUT2D eigenvalue weighted by atomic mass is 10.2. The fourth-order valence-corrected chi connectivity index (χ4v) is 3.10. The molecule has 0 aliphatic rings. The SMILES string of the molecule is COC(=O)CSCC(=O)Nc1cc(-c2ccccc2)nn1-c1ccccc1. The Kier molecular flexibility index (Phi) is 6.27. The molecule has 0 atom stereocenters. The number of amides is 1. The summed E-state index contributed by atoms with van der Waals surface area (Å²) in [7, 11) is 1.33. The molecule has 1 heterocycles. The van der Waals surface area contributed by atoms with Gasteiger partial charge in [-0.05, 0) is 12.1 Å². The van der Waals surface area contributed by atoms with Crippen molar-refractivity contribution in [1.29, 1.82) is 0 Å². The molecule has 2 aromatic carbocycles. The van der Waals surface area contributed by atoms with E-state index in [1.807, 2.05) is 66.7 Å². The van der Waals surface area contributed by atoms with Gasteiger partial charge in [0.05, 0.1) is 30.0 Å². The summed E-state index contributed by atoms with van der Waals surface area (Å²) in [5.41, 5.74) is 2.57. The van der Waals surface area contributed by atoms with Crippen LogP contribution in [0.4, 0.5) is 5.82 Å². The van der Waals surface area contributed by atoms with Crippen LogP contribution in [0, 0.1) is 0 Å². The van der Waals surface area contributed by atoms with Gasteiger partial charge in [0.1, 0.15) is 5.82 Å². The van der Waals surface area contributed by atoms with E-state index in [0.717, 1.165) is 16.9 Å². The molecule has 0 spiro atoms. The summed E-state index contributed by atoms with van der Waals surface area (Å²) in [5.74, 6) is 0.296. The first kappa shape index (κ1) is 18.7. The standard InChI is InChI=1S/C20H19N3O3S/c1-26-20(25)14-27-13-19(24)21-18-12-17(15-8-4-2-5-9-15)22-23(18)16-10-6-3-7-11-16/h2-12H,13-14H2,1H3,(H,21,24). The van der Waals surface area contributed by atoms with Gasteiger partial charge in [0.15, 0.2) is 0 Å². The van der Waals surface area contributed by atoms with Crippen LogP contribution in [-0.2, 0) is 14.3 Å². The highest BCUT2D eigenvalue weighted by Gasteiger charge is 2.14. The fraction of sp³-hybridized carbons (Fsp3) is 0.150. The van der Waals surface area contributed by atoms with E-state index in [1.54, 1.807) is 4.68 Å². The summed E-state index contributed by atoms with van der Waals surface area (Å²) < 4.78 is 6.27. The van der Waals surface area contributed by atoms with Crippen molar-refractivity contribution in [3.8, 4) is 16.9 Å². The lowest BCUT2D eigenvalue weighted by Gasteiger charge is -2.08. The molecule has 0 aliphatic carbocycles. The van der Waals surface area contributed by atoms with Gasteiger partial charge in [0.2, 0.25) is 5.91 Å². The normalized spacial score (nSPS) is 10.4. The van der Waals surface area contributed by atoms with Crippen LogP contribution in [-0.4, -0.2) is 40.3 Å². The zero-order chi connectivity index (χ0) is 19.1. The van der Waals surface area contributed by atoms with E-state index in [0.29, 0.717) is 5.82 Å². The van der Waals surface area contributed by atoms with Gasteiger partial charge in [0, 0.05) is 11.6 Å². The number of hydrogen-bond donors (Lipinski definition) is 1. The Hall–Kier alpha value is -3.06. The molecule has 1 N–H and O–H groups in total. The summed E-state index contributed by atoms with van der Waals surface area (Å²) in [4.78, 5) is 23.4. The quantitative estimate of drug-likeness (QED) is 0.635. The largest absolute Gasteiger partial charge is 0.468 e. The topological polar surface area (TPSA) is 73.2 Å². The Balaban J connectivity index is 1.81. The van der Waals surface area contributed by atoms with Crippen molar-refractivity contribution in [2.75, 3.05) is 23.9 Å². The van der Waals surface area contributed by atoms with Crippen LogP contribution in [0.15, 0.2) is 66.7 Å². The van der Waals surface area contributed by atoms with Gasteiger partial charge in [0.25, 0.3) is 0 Å². The molecule has 0 unspecified atom stereocenters. The number of carbonyl (C=O) groups excluding carboxylic acids is 2. The Bertz CT molecular complexity index is 911. The molecule has 7 heteroatoms. The maximum atomic E-state index is 12.3. The van der Waals surface area contributed by atoms with E-state index in [1.165, 1.54) is 18.9 Å². The van der Waals surface area contributed by atoms with E-state index in [2.05, 4.69) is 15.2 Å². The zero-order valence-electron chi connectivity index (χ0n) is 14.8. The first-order chi connectivity index (χ1) is 13.2. The van der Waals surface area contributed by atoms with Crippen molar-refractivity contribution >= 4 is 29.5 Å². The molecule has 1 aromatic heterocycles. The smallest absolute Gasteiger partial charge is 0.315 e. The number of para-hydroxylation sites is 1. The molecule has 3 rings (SSSR count). The number of aromatic nitrogens is 2. The molecule has 0 radical (unpaired) electrons. The number of carbonyl (C=O) groups is 2. The highest BCUT2D eigenvalue weighted by molar-refractivity contribution is 8.00. The van der Waals surface area contributed by atoms with Crippen molar-refractivity contribution in [3.63, 3.8) is 0 Å². The van der Waals surface area contributed by atoms with Crippen LogP contribution >= 0.6 is 11.8 Å². The Morgan fingerprint density at radius 1 is 1.04 bits per heavy atom. The Labute approximate surface area is 161 Å². The Morgan fingerprint density at radius 2 is 1.70 bits per heavy atom. The van der Waals surface area contributed by atoms with Gasteiger partial charge < -0.3 is 10.1 Å². The highest BCUT2D eigenvalue weighted by atomic mass is 32.2. The van der Waals surface area contributed by atoms with Crippen molar-refractivity contribution in [1.82, 2.24) is 9.78 Å². The summed E-state index contributed by atoms with van der Waals surface area (Å²) in [6, 6.07) is 21.2. The Morgan fingerprint density at radius 3 is 2.37 bits per heavy atom. The van der Waals surface area contributed by atoms with Crippen LogP contribution in [0.3, 0.4) is 0 Å². The molecular formula is C20H19N3O3S. The van der Waals surface area contributed by atoms with Crippen LogP contribution in [0.5, 0.6) is 0 Å². The molecule has 3 aromatic rings. The number of ether oxygens (including phenoxy) is 1. The minimum Gasteiger partial charge on any atom is -0.468 e. The second kappa shape index (κ2) is 9.05. The first-order valence-corrected chi connectivity index (χ1v) is 9.48. The maximum absolute atomic E-state index is 12.3. The summed E-state index contributed by atoms with van der Waals surface area (Å²) in [5, 5.41) is 7.53. The number of anilines is 1. The third-order valence-corrected chi connectivity index (χ3v) is 4.63. The average molecular weight is 381 g/mol.